The third kappa shape index (κ3) is 2.81. The Hall–Kier alpha value is -1.56. The Morgan fingerprint density at radius 1 is 1.50 bits per heavy atom. The average Bonchev–Trinajstić information content (AvgIpc) is 2.78. The largest absolute Gasteiger partial charge is 0.346 e. The summed E-state index contributed by atoms with van der Waals surface area (Å²) in [6.45, 7) is 1.52. The van der Waals surface area contributed by atoms with Gasteiger partial charge >= 0.3 is 0 Å². The van der Waals surface area contributed by atoms with Crippen LogP contribution in [0, 0.1) is 0 Å². The van der Waals surface area contributed by atoms with Crippen LogP contribution in [0.1, 0.15) is 25.2 Å². The second-order valence-electron chi connectivity index (χ2n) is 4.02. The number of aromatic nitrogens is 3. The molecule has 0 bridgehead atoms. The molecule has 2 aromatic heterocycles. The number of amides is 1. The first-order chi connectivity index (χ1) is 8.72. The molecule has 1 N–H and O–H groups in total. The van der Waals surface area contributed by atoms with Crippen LogP contribution in [0.4, 0.5) is 0 Å². The number of fused-ring (bicyclic) bond motifs is 1. The molecule has 2 aromatic rings. The van der Waals surface area contributed by atoms with Gasteiger partial charge < -0.3 is 5.32 Å². The molecule has 1 atom stereocenters. The van der Waals surface area contributed by atoms with Crippen LogP contribution in [-0.4, -0.2) is 32.5 Å². The summed E-state index contributed by atoms with van der Waals surface area (Å²) >= 11 is 1.75. The molecule has 0 saturated carbocycles. The number of hydrogen-bond donors (Lipinski definition) is 1. The summed E-state index contributed by atoms with van der Waals surface area (Å²) in [4.78, 5) is 11.3. The van der Waals surface area contributed by atoms with Crippen molar-refractivity contribution in [1.82, 2.24) is 19.9 Å². The first kappa shape index (κ1) is 12.9. The fraction of sp³-hybridized carbons (Fsp3) is 0.417. The van der Waals surface area contributed by atoms with Crippen molar-refractivity contribution in [2.75, 3.05) is 12.0 Å². The minimum atomic E-state index is -0.0904. The van der Waals surface area contributed by atoms with Crippen LogP contribution in [0.2, 0.25) is 0 Å². The third-order valence-corrected chi connectivity index (χ3v) is 3.28. The lowest BCUT2D eigenvalue weighted by molar-refractivity contribution is -0.119. The van der Waals surface area contributed by atoms with Crippen molar-refractivity contribution in [2.24, 2.45) is 0 Å². The summed E-state index contributed by atoms with van der Waals surface area (Å²) in [5.74, 6) is 1.70. The van der Waals surface area contributed by atoms with Gasteiger partial charge in [0, 0.05) is 13.1 Å². The summed E-state index contributed by atoms with van der Waals surface area (Å²) in [6.07, 6.45) is 4.81. The van der Waals surface area contributed by atoms with E-state index in [9.17, 15) is 4.79 Å². The minimum Gasteiger partial charge on any atom is -0.346 e. The van der Waals surface area contributed by atoms with Gasteiger partial charge in [-0.05, 0) is 30.6 Å². The van der Waals surface area contributed by atoms with E-state index in [0.29, 0.717) is 0 Å². The van der Waals surface area contributed by atoms with Crippen LogP contribution in [0.25, 0.3) is 5.65 Å². The highest BCUT2D eigenvalue weighted by Crippen LogP contribution is 2.17. The number of nitrogens with zero attached hydrogens (tertiary/aromatic N) is 3. The summed E-state index contributed by atoms with van der Waals surface area (Å²) < 4.78 is 1.92. The molecule has 0 fully saturated rings. The lowest BCUT2D eigenvalue weighted by Gasteiger charge is -2.15. The van der Waals surface area contributed by atoms with Crippen molar-refractivity contribution in [3.8, 4) is 0 Å². The smallest absolute Gasteiger partial charge is 0.217 e. The monoisotopic (exact) mass is 264 g/mol. The molecular weight excluding hydrogens is 248 g/mol. The van der Waals surface area contributed by atoms with Gasteiger partial charge in [0.15, 0.2) is 11.5 Å². The minimum absolute atomic E-state index is 0.0474. The molecule has 18 heavy (non-hydrogen) atoms. The molecule has 96 valence electrons. The molecule has 0 aromatic carbocycles. The van der Waals surface area contributed by atoms with E-state index in [1.165, 1.54) is 6.92 Å². The molecule has 1 unspecified atom stereocenters. The van der Waals surface area contributed by atoms with E-state index in [4.69, 9.17) is 0 Å². The van der Waals surface area contributed by atoms with Crippen LogP contribution in [0.3, 0.4) is 0 Å². The SMILES string of the molecule is CSCCC(NC(C)=O)c1nnc2ccccn12. The zero-order valence-corrected chi connectivity index (χ0v) is 11.3. The van der Waals surface area contributed by atoms with E-state index >= 15 is 0 Å². The van der Waals surface area contributed by atoms with Gasteiger partial charge in [-0.2, -0.15) is 11.8 Å². The zero-order chi connectivity index (χ0) is 13.0. The van der Waals surface area contributed by atoms with Crippen molar-refractivity contribution in [1.29, 1.82) is 0 Å². The predicted octanol–water partition coefficient (Wildman–Crippen LogP) is 1.66. The number of hydrogen-bond acceptors (Lipinski definition) is 4. The van der Waals surface area contributed by atoms with Crippen molar-refractivity contribution in [2.45, 2.75) is 19.4 Å². The van der Waals surface area contributed by atoms with Crippen LogP contribution in [0.5, 0.6) is 0 Å². The maximum atomic E-state index is 11.3. The van der Waals surface area contributed by atoms with Gasteiger partial charge in [-0.1, -0.05) is 6.07 Å². The number of pyridine rings is 1. The van der Waals surface area contributed by atoms with Crippen LogP contribution in [0.15, 0.2) is 24.4 Å². The lowest BCUT2D eigenvalue weighted by atomic mass is 10.2. The summed E-state index contributed by atoms with van der Waals surface area (Å²) in [7, 11) is 0. The number of thioether (sulfide) groups is 1. The van der Waals surface area contributed by atoms with E-state index in [2.05, 4.69) is 15.5 Å². The predicted molar refractivity (Wildman–Crippen MR) is 72.5 cm³/mol. The Morgan fingerprint density at radius 2 is 2.33 bits per heavy atom. The number of nitrogens with one attached hydrogen (secondary N) is 1. The Morgan fingerprint density at radius 3 is 3.06 bits per heavy atom. The molecular formula is C12H16N4OS. The highest BCUT2D eigenvalue weighted by molar-refractivity contribution is 7.98. The summed E-state index contributed by atoms with van der Waals surface area (Å²) in [5.41, 5.74) is 0.798. The molecule has 1 amide bonds. The standard InChI is InChI=1S/C12H16N4OS/c1-9(17)13-10(6-8-18-2)12-15-14-11-5-3-4-7-16(11)12/h3-5,7,10H,6,8H2,1-2H3,(H,13,17). The maximum Gasteiger partial charge on any atom is 0.217 e. The molecule has 0 radical (unpaired) electrons. The van der Waals surface area contributed by atoms with Crippen LogP contribution >= 0.6 is 11.8 Å². The quantitative estimate of drug-likeness (QED) is 0.892. The Balaban J connectivity index is 2.31. The molecule has 2 rings (SSSR count). The van der Waals surface area contributed by atoms with Crippen molar-refractivity contribution in [3.63, 3.8) is 0 Å². The van der Waals surface area contributed by atoms with E-state index in [-0.39, 0.29) is 11.9 Å². The average molecular weight is 264 g/mol. The van der Waals surface area contributed by atoms with Gasteiger partial charge in [0.2, 0.25) is 5.91 Å². The molecule has 0 aliphatic rings. The zero-order valence-electron chi connectivity index (χ0n) is 10.5. The summed E-state index contributed by atoms with van der Waals surface area (Å²) in [5, 5.41) is 11.2. The van der Waals surface area contributed by atoms with Gasteiger partial charge in [0.05, 0.1) is 6.04 Å². The molecule has 5 nitrogen and oxygen atoms in total. The maximum absolute atomic E-state index is 11.3. The van der Waals surface area contributed by atoms with E-state index < -0.39 is 0 Å². The Bertz CT molecular complexity index is 540. The molecule has 2 heterocycles. The second kappa shape index (κ2) is 5.86. The van der Waals surface area contributed by atoms with Crippen molar-refractivity contribution < 1.29 is 4.79 Å². The Kier molecular flexibility index (Phi) is 4.19. The van der Waals surface area contributed by atoms with Gasteiger partial charge in [0.25, 0.3) is 0 Å². The molecule has 0 spiro atoms. The fourth-order valence-corrected chi connectivity index (χ4v) is 2.32. The highest BCUT2D eigenvalue weighted by atomic mass is 32.2. The van der Waals surface area contributed by atoms with Crippen molar-refractivity contribution in [3.05, 3.63) is 30.2 Å². The van der Waals surface area contributed by atoms with Gasteiger partial charge in [-0.25, -0.2) is 0 Å². The highest BCUT2D eigenvalue weighted by Gasteiger charge is 2.18. The normalized spacial score (nSPS) is 12.6. The van der Waals surface area contributed by atoms with E-state index in [0.717, 1.165) is 23.6 Å². The molecule has 0 aliphatic carbocycles. The first-order valence-corrected chi connectivity index (χ1v) is 7.17. The van der Waals surface area contributed by atoms with Gasteiger partial charge in [0.1, 0.15) is 0 Å². The van der Waals surface area contributed by atoms with E-state index in [1.807, 2.05) is 35.1 Å². The van der Waals surface area contributed by atoms with Gasteiger partial charge in [-0.15, -0.1) is 10.2 Å². The number of rotatable bonds is 5. The lowest BCUT2D eigenvalue weighted by Crippen LogP contribution is -2.28. The number of carbonyl (C=O) groups is 1. The van der Waals surface area contributed by atoms with Crippen LogP contribution < -0.4 is 5.32 Å². The Labute approximate surface area is 110 Å². The third-order valence-electron chi connectivity index (χ3n) is 2.64. The molecule has 0 aliphatic heterocycles. The number of carbonyl (C=O) groups excluding carboxylic acids is 1. The molecule has 6 heteroatoms. The topological polar surface area (TPSA) is 59.3 Å². The fourth-order valence-electron chi connectivity index (χ4n) is 1.84. The van der Waals surface area contributed by atoms with Crippen LogP contribution in [-0.2, 0) is 4.79 Å². The van der Waals surface area contributed by atoms with Gasteiger partial charge in [-0.3, -0.25) is 9.20 Å². The molecule has 0 saturated heterocycles. The second-order valence-corrected chi connectivity index (χ2v) is 5.01. The summed E-state index contributed by atoms with van der Waals surface area (Å²) in [6, 6.07) is 5.66. The van der Waals surface area contributed by atoms with E-state index in [1.54, 1.807) is 11.8 Å². The first-order valence-electron chi connectivity index (χ1n) is 5.78. The van der Waals surface area contributed by atoms with Crippen molar-refractivity contribution >= 4 is 23.3 Å².